The van der Waals surface area contributed by atoms with E-state index in [9.17, 15) is 19.2 Å². The molecule has 0 radical (unpaired) electrons. The fourth-order valence-corrected chi connectivity index (χ4v) is 4.20. The van der Waals surface area contributed by atoms with Crippen LogP contribution < -0.4 is 16.0 Å². The van der Waals surface area contributed by atoms with Crippen LogP contribution >= 0.6 is 0 Å². The molecule has 9 nitrogen and oxygen atoms in total. The van der Waals surface area contributed by atoms with Crippen molar-refractivity contribution >= 4 is 23.9 Å². The van der Waals surface area contributed by atoms with Crippen LogP contribution in [0, 0.1) is 5.92 Å². The number of urea groups is 2. The number of hydrogen-bond donors (Lipinski definition) is 3. The van der Waals surface area contributed by atoms with Gasteiger partial charge in [0.2, 0.25) is 0 Å². The van der Waals surface area contributed by atoms with Crippen molar-refractivity contribution in [3.05, 3.63) is 11.3 Å². The number of nitrogens with one attached hydrogen (secondary N) is 3. The van der Waals surface area contributed by atoms with Crippen molar-refractivity contribution in [1.29, 1.82) is 0 Å². The molecule has 3 N–H and O–H groups in total. The van der Waals surface area contributed by atoms with Crippen LogP contribution in [0.3, 0.4) is 0 Å². The van der Waals surface area contributed by atoms with Gasteiger partial charge in [-0.3, -0.25) is 9.69 Å². The van der Waals surface area contributed by atoms with Gasteiger partial charge < -0.3 is 20.7 Å². The maximum atomic E-state index is 13.1. The van der Waals surface area contributed by atoms with Crippen molar-refractivity contribution in [1.82, 2.24) is 20.9 Å². The summed E-state index contributed by atoms with van der Waals surface area (Å²) in [5.74, 6) is -0.844. The minimum absolute atomic E-state index is 0.0349. The molecule has 0 aromatic heterocycles. The van der Waals surface area contributed by atoms with Gasteiger partial charge in [-0.1, -0.05) is 19.8 Å². The molecular formula is C18H26N4O5. The third kappa shape index (κ3) is 3.26. The zero-order valence-electron chi connectivity index (χ0n) is 15.9. The zero-order chi connectivity index (χ0) is 19.8. The topological polar surface area (TPSA) is 117 Å². The number of amides is 5. The third-order valence-corrected chi connectivity index (χ3v) is 5.68. The molecule has 1 aliphatic carbocycles. The summed E-state index contributed by atoms with van der Waals surface area (Å²) in [6, 6.07) is -1.57. The Morgan fingerprint density at radius 3 is 2.67 bits per heavy atom. The molecule has 2 heterocycles. The molecule has 3 rings (SSSR count). The van der Waals surface area contributed by atoms with E-state index in [-0.39, 0.29) is 36.2 Å². The number of rotatable bonds is 4. The molecule has 3 unspecified atom stereocenters. The Balaban J connectivity index is 1.90. The highest BCUT2D eigenvalue weighted by Gasteiger charge is 2.55. The van der Waals surface area contributed by atoms with E-state index in [0.29, 0.717) is 6.42 Å². The van der Waals surface area contributed by atoms with Gasteiger partial charge in [-0.25, -0.2) is 14.4 Å². The molecule has 2 fully saturated rings. The van der Waals surface area contributed by atoms with Gasteiger partial charge in [-0.15, -0.1) is 0 Å². The Morgan fingerprint density at radius 1 is 1.26 bits per heavy atom. The SMILES string of the molecule is CCOC(=O)C1=C(CN2C(=O)NC3(CCCCC3C)C2=O)NC(=O)NC1C. The minimum atomic E-state index is -0.886. The van der Waals surface area contributed by atoms with Crippen LogP contribution in [-0.4, -0.2) is 53.6 Å². The lowest BCUT2D eigenvalue weighted by Gasteiger charge is -2.37. The Bertz CT molecular complexity index is 719. The van der Waals surface area contributed by atoms with E-state index in [1.165, 1.54) is 0 Å². The van der Waals surface area contributed by atoms with E-state index in [2.05, 4.69) is 16.0 Å². The number of esters is 1. The quantitative estimate of drug-likeness (QED) is 0.498. The second kappa shape index (κ2) is 7.21. The van der Waals surface area contributed by atoms with Crippen molar-refractivity contribution in [2.75, 3.05) is 13.2 Å². The van der Waals surface area contributed by atoms with Crippen molar-refractivity contribution < 1.29 is 23.9 Å². The van der Waals surface area contributed by atoms with E-state index >= 15 is 0 Å². The van der Waals surface area contributed by atoms with Gasteiger partial charge in [0.15, 0.2) is 0 Å². The first-order valence-corrected chi connectivity index (χ1v) is 9.42. The smallest absolute Gasteiger partial charge is 0.337 e. The van der Waals surface area contributed by atoms with Gasteiger partial charge in [0.05, 0.1) is 30.5 Å². The second-order valence-corrected chi connectivity index (χ2v) is 7.37. The highest BCUT2D eigenvalue weighted by Crippen LogP contribution is 2.38. The summed E-state index contributed by atoms with van der Waals surface area (Å²) >= 11 is 0. The van der Waals surface area contributed by atoms with Crippen LogP contribution in [0.4, 0.5) is 9.59 Å². The van der Waals surface area contributed by atoms with Gasteiger partial charge in [0.25, 0.3) is 5.91 Å². The van der Waals surface area contributed by atoms with E-state index < -0.39 is 29.6 Å². The number of carbonyl (C=O) groups is 4. The lowest BCUT2D eigenvalue weighted by atomic mass is 9.73. The van der Waals surface area contributed by atoms with Crippen molar-refractivity contribution in [2.24, 2.45) is 5.92 Å². The molecule has 2 aliphatic heterocycles. The van der Waals surface area contributed by atoms with Crippen molar-refractivity contribution in [3.63, 3.8) is 0 Å². The molecule has 1 saturated carbocycles. The first-order valence-electron chi connectivity index (χ1n) is 9.42. The number of carbonyl (C=O) groups excluding carboxylic acids is 4. The van der Waals surface area contributed by atoms with Gasteiger partial charge in [-0.05, 0) is 32.6 Å². The summed E-state index contributed by atoms with van der Waals surface area (Å²) in [5, 5.41) is 8.03. The molecule has 3 atom stereocenters. The molecule has 0 aromatic carbocycles. The summed E-state index contributed by atoms with van der Waals surface area (Å²) in [5.41, 5.74) is -0.453. The Morgan fingerprint density at radius 2 is 2.00 bits per heavy atom. The molecule has 1 spiro atoms. The predicted molar refractivity (Wildman–Crippen MR) is 95.4 cm³/mol. The van der Waals surface area contributed by atoms with Crippen LogP contribution in [0.25, 0.3) is 0 Å². The van der Waals surface area contributed by atoms with Crippen molar-refractivity contribution in [3.8, 4) is 0 Å². The Hall–Kier alpha value is -2.58. The molecule has 0 aromatic rings. The maximum Gasteiger partial charge on any atom is 0.337 e. The van der Waals surface area contributed by atoms with Gasteiger partial charge in [0, 0.05) is 0 Å². The largest absolute Gasteiger partial charge is 0.463 e. The van der Waals surface area contributed by atoms with Crippen LogP contribution in [0.15, 0.2) is 11.3 Å². The number of imide groups is 1. The van der Waals surface area contributed by atoms with Crippen LogP contribution in [0.2, 0.25) is 0 Å². The Kier molecular flexibility index (Phi) is 5.12. The first-order chi connectivity index (χ1) is 12.8. The lowest BCUT2D eigenvalue weighted by Crippen LogP contribution is -2.54. The van der Waals surface area contributed by atoms with Crippen LogP contribution in [-0.2, 0) is 14.3 Å². The molecule has 148 valence electrons. The van der Waals surface area contributed by atoms with E-state index in [4.69, 9.17) is 4.74 Å². The zero-order valence-corrected chi connectivity index (χ0v) is 15.9. The van der Waals surface area contributed by atoms with E-state index in [0.717, 1.165) is 24.2 Å². The monoisotopic (exact) mass is 378 g/mol. The minimum Gasteiger partial charge on any atom is -0.463 e. The van der Waals surface area contributed by atoms with E-state index in [1.54, 1.807) is 13.8 Å². The molecule has 5 amide bonds. The molecular weight excluding hydrogens is 352 g/mol. The summed E-state index contributed by atoms with van der Waals surface area (Å²) < 4.78 is 5.07. The standard InChI is InChI=1S/C18H26N4O5/c1-4-27-14(23)13-11(3)19-16(25)20-12(13)9-22-15(24)18(21-17(22)26)8-6-5-7-10(18)2/h10-11H,4-9H2,1-3H3,(H,21,26)(H2,19,20,25). The predicted octanol–water partition coefficient (Wildman–Crippen LogP) is 1.01. The van der Waals surface area contributed by atoms with Gasteiger partial charge in [-0.2, -0.15) is 0 Å². The van der Waals surface area contributed by atoms with E-state index in [1.807, 2.05) is 6.92 Å². The number of hydrogen-bond acceptors (Lipinski definition) is 5. The highest BCUT2D eigenvalue weighted by atomic mass is 16.5. The van der Waals surface area contributed by atoms with Crippen LogP contribution in [0.5, 0.6) is 0 Å². The fraction of sp³-hybridized carbons (Fsp3) is 0.667. The number of nitrogens with zero attached hydrogens (tertiary/aromatic N) is 1. The maximum absolute atomic E-state index is 13.1. The molecule has 0 bridgehead atoms. The summed E-state index contributed by atoms with van der Waals surface area (Å²) in [7, 11) is 0. The van der Waals surface area contributed by atoms with Gasteiger partial charge in [0.1, 0.15) is 5.54 Å². The second-order valence-electron chi connectivity index (χ2n) is 7.37. The molecule has 1 saturated heterocycles. The summed E-state index contributed by atoms with van der Waals surface area (Å²) in [6.45, 7) is 5.31. The van der Waals surface area contributed by atoms with Crippen LogP contribution in [0.1, 0.15) is 46.5 Å². The van der Waals surface area contributed by atoms with Gasteiger partial charge >= 0.3 is 18.0 Å². The number of ether oxygens (including phenoxy) is 1. The average Bonchev–Trinajstić information content (AvgIpc) is 2.82. The molecule has 27 heavy (non-hydrogen) atoms. The summed E-state index contributed by atoms with van der Waals surface area (Å²) in [4.78, 5) is 51.0. The average molecular weight is 378 g/mol. The highest BCUT2D eigenvalue weighted by molar-refractivity contribution is 6.07. The normalized spacial score (nSPS) is 30.9. The first kappa shape index (κ1) is 19.2. The molecule has 3 aliphatic rings. The third-order valence-electron chi connectivity index (χ3n) is 5.68. The summed E-state index contributed by atoms with van der Waals surface area (Å²) in [6.07, 6.45) is 3.37. The Labute approximate surface area is 157 Å². The molecule has 9 heteroatoms. The fourth-order valence-electron chi connectivity index (χ4n) is 4.20. The van der Waals surface area contributed by atoms with Crippen molar-refractivity contribution in [2.45, 2.75) is 58.0 Å². The lowest BCUT2D eigenvalue weighted by molar-refractivity contribution is -0.139.